The van der Waals surface area contributed by atoms with Crippen LogP contribution < -0.4 is 5.73 Å². The van der Waals surface area contributed by atoms with E-state index in [4.69, 9.17) is 10.5 Å². The van der Waals surface area contributed by atoms with Gasteiger partial charge < -0.3 is 15.4 Å². The summed E-state index contributed by atoms with van der Waals surface area (Å²) in [6, 6.07) is 5.64. The molecule has 8 heteroatoms. The Hall–Kier alpha value is -1.03. The Morgan fingerprint density at radius 1 is 1.11 bits per heavy atom. The highest BCUT2D eigenvalue weighted by atomic mass is 127. The van der Waals surface area contributed by atoms with Crippen LogP contribution in [0.25, 0.3) is 0 Å². The monoisotopic (exact) mass is 511 g/mol. The van der Waals surface area contributed by atoms with Crippen LogP contribution >= 0.6 is 24.0 Å². The van der Waals surface area contributed by atoms with Crippen LogP contribution in [0.15, 0.2) is 29.3 Å². The average molecular weight is 511 g/mol. The smallest absolute Gasteiger partial charge is 0.381 e. The molecule has 1 aromatic carbocycles. The lowest BCUT2D eigenvalue weighted by Gasteiger charge is -2.37. The van der Waals surface area contributed by atoms with Crippen LogP contribution in [0.3, 0.4) is 0 Å². The zero-order chi connectivity index (χ0) is 19.3. The number of aliphatic imine (C=N–C) groups is 1. The number of hydrogen-bond acceptors (Lipinski definition) is 2. The van der Waals surface area contributed by atoms with Crippen LogP contribution in [0.2, 0.25) is 0 Å². The van der Waals surface area contributed by atoms with Gasteiger partial charge in [-0.1, -0.05) is 31.0 Å². The molecule has 2 aliphatic rings. The molecule has 2 saturated heterocycles. The second-order valence-electron chi connectivity index (χ2n) is 7.55. The van der Waals surface area contributed by atoms with Crippen LogP contribution in [-0.2, 0) is 16.3 Å². The number of hydrogen-bond donors (Lipinski definition) is 1. The van der Waals surface area contributed by atoms with Crippen molar-refractivity contribution in [1.82, 2.24) is 4.90 Å². The van der Waals surface area contributed by atoms with Gasteiger partial charge in [-0.05, 0) is 37.3 Å². The molecule has 0 spiro atoms. The van der Waals surface area contributed by atoms with E-state index in [2.05, 4.69) is 9.89 Å². The van der Waals surface area contributed by atoms with E-state index in [0.29, 0.717) is 44.1 Å². The molecule has 4 nitrogen and oxygen atoms in total. The number of rotatable bonds is 3. The van der Waals surface area contributed by atoms with E-state index in [9.17, 15) is 13.2 Å². The molecule has 0 aromatic heterocycles. The summed E-state index contributed by atoms with van der Waals surface area (Å²) in [4.78, 5) is 6.74. The number of guanidine groups is 1. The summed E-state index contributed by atoms with van der Waals surface area (Å²) in [7, 11) is 0. The van der Waals surface area contributed by atoms with Gasteiger partial charge in [0.2, 0.25) is 0 Å². The first-order chi connectivity index (χ1) is 12.9. The number of nitrogens with zero attached hydrogens (tertiary/aromatic N) is 2. The summed E-state index contributed by atoms with van der Waals surface area (Å²) in [5.74, 6) is 0.509. The molecule has 0 unspecified atom stereocenters. The van der Waals surface area contributed by atoms with E-state index in [-0.39, 0.29) is 24.0 Å². The average Bonchev–Trinajstić information content (AvgIpc) is 2.96. The standard InChI is InChI=1S/C20H28F3N3O.HI/c21-20(22,23)17-7-5-6-16(14-17)19(8-12-27-13-9-19)15-25-18(24)26-10-3-1-2-4-11-26;/h5-7,14H,1-4,8-13,15H2,(H2,24,25);1H. The largest absolute Gasteiger partial charge is 0.416 e. The summed E-state index contributed by atoms with van der Waals surface area (Å²) < 4.78 is 45.0. The third kappa shape index (κ3) is 5.75. The van der Waals surface area contributed by atoms with Crippen molar-refractivity contribution < 1.29 is 17.9 Å². The Morgan fingerprint density at radius 3 is 2.36 bits per heavy atom. The van der Waals surface area contributed by atoms with Crippen LogP contribution in [0, 0.1) is 0 Å². The molecule has 2 fully saturated rings. The normalized spacial score (nSPS) is 21.0. The quantitative estimate of drug-likeness (QED) is 0.368. The van der Waals surface area contributed by atoms with Crippen molar-refractivity contribution in [3.8, 4) is 0 Å². The van der Waals surface area contributed by atoms with Gasteiger partial charge in [0.25, 0.3) is 0 Å². The van der Waals surface area contributed by atoms with E-state index < -0.39 is 17.2 Å². The van der Waals surface area contributed by atoms with Crippen molar-refractivity contribution in [3.05, 3.63) is 35.4 Å². The molecule has 0 aliphatic carbocycles. The molecule has 2 heterocycles. The predicted molar refractivity (Wildman–Crippen MR) is 115 cm³/mol. The van der Waals surface area contributed by atoms with E-state index in [1.54, 1.807) is 6.07 Å². The first kappa shape index (κ1) is 23.3. The Bertz CT molecular complexity index is 652. The van der Waals surface area contributed by atoms with Crippen molar-refractivity contribution in [2.45, 2.75) is 50.1 Å². The van der Waals surface area contributed by atoms with E-state index >= 15 is 0 Å². The van der Waals surface area contributed by atoms with Crippen molar-refractivity contribution in [2.75, 3.05) is 32.8 Å². The van der Waals surface area contributed by atoms with Gasteiger partial charge in [-0.25, -0.2) is 0 Å². The number of likely N-dealkylation sites (tertiary alicyclic amines) is 1. The molecule has 0 bridgehead atoms. The number of nitrogens with two attached hydrogens (primary N) is 1. The van der Waals surface area contributed by atoms with Gasteiger partial charge >= 0.3 is 6.18 Å². The molecule has 2 aliphatic heterocycles. The van der Waals surface area contributed by atoms with Crippen molar-refractivity contribution in [1.29, 1.82) is 0 Å². The first-order valence-corrected chi connectivity index (χ1v) is 9.71. The van der Waals surface area contributed by atoms with E-state index in [0.717, 1.165) is 32.0 Å². The Balaban J connectivity index is 0.00000280. The molecule has 1 aromatic rings. The summed E-state index contributed by atoms with van der Waals surface area (Å²) >= 11 is 0. The van der Waals surface area contributed by atoms with Gasteiger partial charge in [0.05, 0.1) is 12.1 Å². The highest BCUT2D eigenvalue weighted by molar-refractivity contribution is 14.0. The minimum Gasteiger partial charge on any atom is -0.381 e. The van der Waals surface area contributed by atoms with Crippen LogP contribution in [-0.4, -0.2) is 43.7 Å². The van der Waals surface area contributed by atoms with Gasteiger partial charge in [-0.2, -0.15) is 13.2 Å². The maximum atomic E-state index is 13.2. The lowest BCUT2D eigenvalue weighted by Crippen LogP contribution is -2.41. The molecule has 0 radical (unpaired) electrons. The lowest BCUT2D eigenvalue weighted by atomic mass is 9.74. The summed E-state index contributed by atoms with van der Waals surface area (Å²) in [6.07, 6.45) is 1.54. The zero-order valence-electron chi connectivity index (χ0n) is 16.0. The molecule has 0 saturated carbocycles. The van der Waals surface area contributed by atoms with Crippen molar-refractivity contribution in [3.63, 3.8) is 0 Å². The fraction of sp³-hybridized carbons (Fsp3) is 0.650. The van der Waals surface area contributed by atoms with E-state index in [1.165, 1.54) is 25.0 Å². The molecule has 158 valence electrons. The molecule has 2 N–H and O–H groups in total. The Morgan fingerprint density at radius 2 is 1.75 bits per heavy atom. The maximum absolute atomic E-state index is 13.2. The number of halogens is 4. The third-order valence-corrected chi connectivity index (χ3v) is 5.73. The molecule has 28 heavy (non-hydrogen) atoms. The minimum absolute atomic E-state index is 0. The Kier molecular flexibility index (Phi) is 8.42. The van der Waals surface area contributed by atoms with Gasteiger partial charge in [0, 0.05) is 31.7 Å². The lowest BCUT2D eigenvalue weighted by molar-refractivity contribution is -0.137. The van der Waals surface area contributed by atoms with Gasteiger partial charge in [0.1, 0.15) is 0 Å². The summed E-state index contributed by atoms with van der Waals surface area (Å²) in [5, 5.41) is 0. The molecule has 0 amide bonds. The Labute approximate surface area is 181 Å². The maximum Gasteiger partial charge on any atom is 0.416 e. The second kappa shape index (κ2) is 10.1. The fourth-order valence-electron chi connectivity index (χ4n) is 3.96. The van der Waals surface area contributed by atoms with Crippen LogP contribution in [0.4, 0.5) is 13.2 Å². The molecular formula is C20H29F3IN3O. The molecule has 3 rings (SSSR count). The predicted octanol–water partition coefficient (Wildman–Crippen LogP) is 4.56. The first-order valence-electron chi connectivity index (χ1n) is 9.71. The van der Waals surface area contributed by atoms with Crippen molar-refractivity contribution in [2.24, 2.45) is 10.7 Å². The topological polar surface area (TPSA) is 50.9 Å². The third-order valence-electron chi connectivity index (χ3n) is 5.73. The number of benzene rings is 1. The molecular weight excluding hydrogens is 482 g/mol. The van der Waals surface area contributed by atoms with E-state index in [1.807, 2.05) is 0 Å². The van der Waals surface area contributed by atoms with Gasteiger partial charge in [-0.15, -0.1) is 24.0 Å². The summed E-state index contributed by atoms with van der Waals surface area (Å²) in [6.45, 7) is 3.23. The van der Waals surface area contributed by atoms with Crippen molar-refractivity contribution >= 4 is 29.9 Å². The zero-order valence-corrected chi connectivity index (χ0v) is 18.3. The fourth-order valence-corrected chi connectivity index (χ4v) is 3.96. The SMILES string of the molecule is I.NC(=NCC1(c2cccc(C(F)(F)F)c2)CCOCC1)N1CCCCCC1. The number of alkyl halides is 3. The highest BCUT2D eigenvalue weighted by Crippen LogP contribution is 2.38. The summed E-state index contributed by atoms with van der Waals surface area (Å²) in [5.41, 5.74) is 5.83. The molecule has 0 atom stereocenters. The van der Waals surface area contributed by atoms with Gasteiger partial charge in [-0.3, -0.25) is 4.99 Å². The number of ether oxygens (including phenoxy) is 1. The van der Waals surface area contributed by atoms with Crippen LogP contribution in [0.5, 0.6) is 0 Å². The highest BCUT2D eigenvalue weighted by Gasteiger charge is 2.37. The second-order valence-corrected chi connectivity index (χ2v) is 7.55. The minimum atomic E-state index is -4.35. The van der Waals surface area contributed by atoms with Crippen LogP contribution in [0.1, 0.15) is 49.7 Å². The van der Waals surface area contributed by atoms with Gasteiger partial charge in [0.15, 0.2) is 5.96 Å².